The van der Waals surface area contributed by atoms with Crippen LogP contribution in [-0.4, -0.2) is 18.2 Å². The van der Waals surface area contributed by atoms with Crippen LogP contribution in [0.15, 0.2) is 72.8 Å². The lowest BCUT2D eigenvalue weighted by Gasteiger charge is -2.07. The van der Waals surface area contributed by atoms with Gasteiger partial charge in [0, 0.05) is 21.7 Å². The first-order chi connectivity index (χ1) is 12.5. The number of carbonyl (C=O) groups is 2. The highest BCUT2D eigenvalue weighted by molar-refractivity contribution is 6.30. The van der Waals surface area contributed by atoms with Gasteiger partial charge in [0.05, 0.1) is 0 Å². The zero-order valence-electron chi connectivity index (χ0n) is 13.6. The van der Waals surface area contributed by atoms with Gasteiger partial charge in [-0.25, -0.2) is 4.39 Å². The average molecular weight is 369 g/mol. The Balaban J connectivity index is 1.62. The summed E-state index contributed by atoms with van der Waals surface area (Å²) >= 11 is 5.82. The van der Waals surface area contributed by atoms with E-state index in [9.17, 15) is 14.0 Å². The lowest BCUT2D eigenvalue weighted by molar-refractivity contribution is 0.0920. The van der Waals surface area contributed by atoms with Gasteiger partial charge in [0.2, 0.25) is 0 Å². The molecule has 3 nitrogen and oxygen atoms in total. The van der Waals surface area contributed by atoms with Crippen LogP contribution in [0.4, 0.5) is 4.39 Å². The normalized spacial score (nSPS) is 10.4. The standard InChI is InChI=1S/C21H14ClFO3/c22-17-7-1-15(2-8-17)21(25)16-5-11-19(12-6-16)26-13-20(24)14-3-9-18(23)10-4-14/h1-12H,13H2. The molecule has 0 aromatic heterocycles. The maximum absolute atomic E-state index is 12.9. The summed E-state index contributed by atoms with van der Waals surface area (Å²) in [7, 11) is 0. The Labute approximate surface area is 155 Å². The Hall–Kier alpha value is -2.98. The van der Waals surface area contributed by atoms with Crippen molar-refractivity contribution in [2.24, 2.45) is 0 Å². The molecule has 0 amide bonds. The van der Waals surface area contributed by atoms with Crippen LogP contribution in [0.5, 0.6) is 5.75 Å². The number of hydrogen-bond acceptors (Lipinski definition) is 3. The second-order valence-electron chi connectivity index (χ2n) is 5.58. The average Bonchev–Trinajstić information content (AvgIpc) is 2.67. The minimum atomic E-state index is -0.400. The summed E-state index contributed by atoms with van der Waals surface area (Å²) in [6, 6.07) is 18.4. The van der Waals surface area contributed by atoms with Gasteiger partial charge in [-0.05, 0) is 72.8 Å². The molecule has 130 valence electrons. The van der Waals surface area contributed by atoms with Gasteiger partial charge in [0.25, 0.3) is 0 Å². The first-order valence-electron chi connectivity index (χ1n) is 7.85. The molecule has 3 aromatic rings. The predicted molar refractivity (Wildman–Crippen MR) is 97.6 cm³/mol. The largest absolute Gasteiger partial charge is 0.485 e. The molecular formula is C21H14ClFO3. The number of hydrogen-bond donors (Lipinski definition) is 0. The van der Waals surface area contributed by atoms with Crippen LogP contribution < -0.4 is 4.74 Å². The number of ketones is 2. The molecule has 0 N–H and O–H groups in total. The van der Waals surface area contributed by atoms with Crippen LogP contribution in [0.2, 0.25) is 5.02 Å². The fourth-order valence-corrected chi connectivity index (χ4v) is 2.46. The first-order valence-corrected chi connectivity index (χ1v) is 8.22. The molecule has 0 radical (unpaired) electrons. The van der Waals surface area contributed by atoms with Crippen LogP contribution in [0.3, 0.4) is 0 Å². The van der Waals surface area contributed by atoms with E-state index < -0.39 is 5.82 Å². The minimum absolute atomic E-state index is 0.129. The highest BCUT2D eigenvalue weighted by atomic mass is 35.5. The SMILES string of the molecule is O=C(COc1ccc(C(=O)c2ccc(Cl)cc2)cc1)c1ccc(F)cc1. The fourth-order valence-electron chi connectivity index (χ4n) is 2.34. The van der Waals surface area contributed by atoms with E-state index in [4.69, 9.17) is 16.3 Å². The van der Waals surface area contributed by atoms with E-state index in [0.29, 0.717) is 27.5 Å². The van der Waals surface area contributed by atoms with E-state index in [2.05, 4.69) is 0 Å². The Kier molecular flexibility index (Phi) is 5.44. The lowest BCUT2D eigenvalue weighted by Crippen LogP contribution is -2.11. The van der Waals surface area contributed by atoms with E-state index in [-0.39, 0.29) is 18.2 Å². The van der Waals surface area contributed by atoms with Crippen molar-refractivity contribution in [1.29, 1.82) is 0 Å². The van der Waals surface area contributed by atoms with Crippen LogP contribution in [-0.2, 0) is 0 Å². The van der Waals surface area contributed by atoms with Crippen molar-refractivity contribution in [2.75, 3.05) is 6.61 Å². The van der Waals surface area contributed by atoms with Crippen LogP contribution >= 0.6 is 11.6 Å². The van der Waals surface area contributed by atoms with Crippen molar-refractivity contribution in [2.45, 2.75) is 0 Å². The van der Waals surface area contributed by atoms with E-state index in [1.165, 1.54) is 24.3 Å². The molecule has 26 heavy (non-hydrogen) atoms. The highest BCUT2D eigenvalue weighted by Gasteiger charge is 2.10. The van der Waals surface area contributed by atoms with Gasteiger partial charge >= 0.3 is 0 Å². The van der Waals surface area contributed by atoms with Gasteiger partial charge in [0.15, 0.2) is 18.2 Å². The molecule has 0 aliphatic heterocycles. The molecule has 5 heteroatoms. The molecule has 0 atom stereocenters. The monoisotopic (exact) mass is 368 g/mol. The number of rotatable bonds is 6. The molecule has 0 unspecified atom stereocenters. The number of halogens is 2. The maximum atomic E-state index is 12.9. The van der Waals surface area contributed by atoms with Crippen molar-refractivity contribution in [1.82, 2.24) is 0 Å². The zero-order valence-corrected chi connectivity index (χ0v) is 14.4. The molecule has 3 aromatic carbocycles. The van der Waals surface area contributed by atoms with Crippen LogP contribution in [0.1, 0.15) is 26.3 Å². The van der Waals surface area contributed by atoms with Crippen molar-refractivity contribution >= 4 is 23.2 Å². The Morgan fingerprint density at radius 1 is 0.769 bits per heavy atom. The van der Waals surface area contributed by atoms with Crippen LogP contribution in [0.25, 0.3) is 0 Å². The Bertz CT molecular complexity index is 917. The molecule has 0 spiro atoms. The first kappa shape index (κ1) is 17.8. The van der Waals surface area contributed by atoms with Crippen molar-refractivity contribution in [3.63, 3.8) is 0 Å². The Morgan fingerprint density at radius 3 is 1.85 bits per heavy atom. The third kappa shape index (κ3) is 4.35. The summed E-state index contributed by atoms with van der Waals surface area (Å²) in [5.74, 6) is -0.321. The summed E-state index contributed by atoms with van der Waals surface area (Å²) in [5.41, 5.74) is 1.42. The van der Waals surface area contributed by atoms with Crippen molar-refractivity contribution in [3.8, 4) is 5.75 Å². The van der Waals surface area contributed by atoms with Gasteiger partial charge in [-0.3, -0.25) is 9.59 Å². The number of benzene rings is 3. The summed E-state index contributed by atoms with van der Waals surface area (Å²) in [6.45, 7) is -0.171. The van der Waals surface area contributed by atoms with Gasteiger partial charge < -0.3 is 4.74 Å². The van der Waals surface area contributed by atoms with Gasteiger partial charge in [-0.1, -0.05) is 11.6 Å². The van der Waals surface area contributed by atoms with E-state index in [0.717, 1.165) is 0 Å². The fraction of sp³-hybridized carbons (Fsp3) is 0.0476. The molecular weight excluding hydrogens is 355 g/mol. The molecule has 0 saturated heterocycles. The second-order valence-corrected chi connectivity index (χ2v) is 6.02. The number of ether oxygens (including phenoxy) is 1. The molecule has 3 rings (SSSR count). The minimum Gasteiger partial charge on any atom is -0.485 e. The summed E-state index contributed by atoms with van der Waals surface area (Å²) in [6.07, 6.45) is 0. The second kappa shape index (κ2) is 7.93. The summed E-state index contributed by atoms with van der Waals surface area (Å²) in [5, 5.41) is 0.566. The van der Waals surface area contributed by atoms with E-state index in [1.807, 2.05) is 0 Å². The number of Topliss-reactive ketones (excluding diaryl/α,β-unsaturated/α-hetero) is 1. The molecule has 0 aliphatic rings. The zero-order chi connectivity index (χ0) is 18.5. The summed E-state index contributed by atoms with van der Waals surface area (Å²) in [4.78, 5) is 24.4. The molecule has 0 bridgehead atoms. The van der Waals surface area contributed by atoms with Crippen molar-refractivity contribution < 1.29 is 18.7 Å². The Morgan fingerprint density at radius 2 is 1.27 bits per heavy atom. The third-order valence-electron chi connectivity index (χ3n) is 3.76. The lowest BCUT2D eigenvalue weighted by atomic mass is 10.0. The topological polar surface area (TPSA) is 43.4 Å². The van der Waals surface area contributed by atoms with E-state index in [1.54, 1.807) is 48.5 Å². The molecule has 0 aliphatic carbocycles. The van der Waals surface area contributed by atoms with Gasteiger partial charge in [-0.2, -0.15) is 0 Å². The smallest absolute Gasteiger partial charge is 0.200 e. The highest BCUT2D eigenvalue weighted by Crippen LogP contribution is 2.17. The quantitative estimate of drug-likeness (QED) is 0.577. The molecule has 0 heterocycles. The van der Waals surface area contributed by atoms with Gasteiger partial charge in [0.1, 0.15) is 11.6 Å². The van der Waals surface area contributed by atoms with E-state index >= 15 is 0 Å². The van der Waals surface area contributed by atoms with Crippen LogP contribution in [0, 0.1) is 5.82 Å². The molecule has 0 fully saturated rings. The van der Waals surface area contributed by atoms with Gasteiger partial charge in [-0.15, -0.1) is 0 Å². The third-order valence-corrected chi connectivity index (χ3v) is 4.01. The summed E-state index contributed by atoms with van der Waals surface area (Å²) < 4.78 is 18.3. The molecule has 0 saturated carbocycles. The van der Waals surface area contributed by atoms with Crippen molar-refractivity contribution in [3.05, 3.63) is 100 Å². The maximum Gasteiger partial charge on any atom is 0.200 e. The predicted octanol–water partition coefficient (Wildman–Crippen LogP) is 4.97. The number of carbonyl (C=O) groups excluding carboxylic acids is 2.